The molecule has 0 aliphatic heterocycles. The number of rotatable bonds is 7. The number of ether oxygens (including phenoxy) is 1. The molecule has 0 saturated heterocycles. The van der Waals surface area contributed by atoms with Crippen LogP contribution in [0.15, 0.2) is 12.4 Å². The molecule has 0 spiro atoms. The molecule has 1 unspecified atom stereocenters. The highest BCUT2D eigenvalue weighted by Crippen LogP contribution is 2.13. The number of nitrogens with one attached hydrogen (secondary N) is 1. The van der Waals surface area contributed by atoms with Crippen molar-refractivity contribution in [3.63, 3.8) is 0 Å². The van der Waals surface area contributed by atoms with Gasteiger partial charge in [0.25, 0.3) is 0 Å². The topological polar surface area (TPSA) is 105 Å². The van der Waals surface area contributed by atoms with Crippen LogP contribution in [0, 0.1) is 5.92 Å². The van der Waals surface area contributed by atoms with Gasteiger partial charge in [0.1, 0.15) is 24.9 Å². The highest BCUT2D eigenvalue weighted by atomic mass is 16.5. The number of hydrogen-bond donors (Lipinski definition) is 3. The van der Waals surface area contributed by atoms with Crippen LogP contribution in [0.25, 0.3) is 0 Å². The van der Waals surface area contributed by atoms with Gasteiger partial charge in [0.05, 0.1) is 6.61 Å². The summed E-state index contributed by atoms with van der Waals surface area (Å²) < 4.78 is 5.16. The zero-order chi connectivity index (χ0) is 14.3. The number of aliphatic hydroxyl groups excluding tert-OH is 2. The second-order valence-electron chi connectivity index (χ2n) is 4.19. The van der Waals surface area contributed by atoms with Crippen LogP contribution in [0.5, 0.6) is 5.88 Å². The number of nitrogens with zero attached hydrogens (tertiary/aromatic N) is 2. The van der Waals surface area contributed by atoms with Crippen LogP contribution in [-0.4, -0.2) is 45.4 Å². The molecule has 0 fully saturated rings. The van der Waals surface area contributed by atoms with Gasteiger partial charge in [0.15, 0.2) is 0 Å². The number of aliphatic hydroxyl groups is 2. The zero-order valence-electron chi connectivity index (χ0n) is 11.0. The van der Waals surface area contributed by atoms with Gasteiger partial charge in [-0.25, -0.2) is 9.97 Å². The lowest BCUT2D eigenvalue weighted by atomic mass is 10.1. The molecule has 0 aliphatic carbocycles. The Bertz CT molecular complexity index is 414. The van der Waals surface area contributed by atoms with Gasteiger partial charge in [-0.05, 0) is 6.42 Å². The van der Waals surface area contributed by atoms with Gasteiger partial charge in [-0.3, -0.25) is 4.79 Å². The first-order valence-electron chi connectivity index (χ1n) is 6.11. The van der Waals surface area contributed by atoms with Crippen LogP contribution in [0.4, 0.5) is 5.82 Å². The maximum atomic E-state index is 11.7. The third-order valence-corrected chi connectivity index (χ3v) is 2.59. The second-order valence-corrected chi connectivity index (χ2v) is 4.19. The van der Waals surface area contributed by atoms with E-state index >= 15 is 0 Å². The molecular formula is C12H19N3O4. The van der Waals surface area contributed by atoms with Gasteiger partial charge >= 0.3 is 0 Å². The lowest BCUT2D eigenvalue weighted by molar-refractivity contribution is -0.119. The number of amides is 1. The summed E-state index contributed by atoms with van der Waals surface area (Å²) in [6, 6.07) is 1.46. The SMILES string of the molecule is CCC(C)C(=O)Nc1cc(OC[C@H](O)CO)ncn1. The molecule has 1 rings (SSSR count). The van der Waals surface area contributed by atoms with Crippen LogP contribution in [0.3, 0.4) is 0 Å². The third kappa shape index (κ3) is 5.19. The molecule has 0 radical (unpaired) electrons. The minimum atomic E-state index is -0.965. The van der Waals surface area contributed by atoms with Crippen molar-refractivity contribution in [3.8, 4) is 5.88 Å². The van der Waals surface area contributed by atoms with Crippen LogP contribution >= 0.6 is 0 Å². The van der Waals surface area contributed by atoms with Crippen molar-refractivity contribution in [1.82, 2.24) is 9.97 Å². The maximum Gasteiger partial charge on any atom is 0.228 e. The van der Waals surface area contributed by atoms with Crippen LogP contribution in [0.2, 0.25) is 0 Å². The van der Waals surface area contributed by atoms with Crippen LogP contribution in [-0.2, 0) is 4.79 Å². The summed E-state index contributed by atoms with van der Waals surface area (Å²) >= 11 is 0. The Hall–Kier alpha value is -1.73. The molecule has 7 heteroatoms. The molecule has 0 bridgehead atoms. The van der Waals surface area contributed by atoms with Crippen molar-refractivity contribution >= 4 is 11.7 Å². The fourth-order valence-electron chi connectivity index (χ4n) is 1.16. The molecule has 1 amide bonds. The van der Waals surface area contributed by atoms with Crippen molar-refractivity contribution in [2.24, 2.45) is 5.92 Å². The average Bonchev–Trinajstić information content (AvgIpc) is 2.44. The summed E-state index contributed by atoms with van der Waals surface area (Å²) in [5, 5.41) is 20.5. The minimum Gasteiger partial charge on any atom is -0.475 e. The zero-order valence-corrected chi connectivity index (χ0v) is 11.0. The van der Waals surface area contributed by atoms with E-state index in [4.69, 9.17) is 14.9 Å². The van der Waals surface area contributed by atoms with Gasteiger partial charge in [-0.15, -0.1) is 0 Å². The molecule has 106 valence electrons. The number of hydrogen-bond acceptors (Lipinski definition) is 6. The molecule has 3 N–H and O–H groups in total. The number of carbonyl (C=O) groups is 1. The molecule has 0 aliphatic rings. The monoisotopic (exact) mass is 269 g/mol. The summed E-state index contributed by atoms with van der Waals surface area (Å²) in [6.07, 6.45) is 1.03. The first kappa shape index (κ1) is 15.3. The van der Waals surface area contributed by atoms with E-state index in [-0.39, 0.29) is 30.9 Å². The smallest absolute Gasteiger partial charge is 0.228 e. The Kier molecular flexibility index (Phi) is 6.17. The first-order chi connectivity index (χ1) is 9.06. The molecule has 1 aromatic heterocycles. The number of aromatic nitrogens is 2. The van der Waals surface area contributed by atoms with Gasteiger partial charge in [0, 0.05) is 12.0 Å². The molecule has 0 aromatic carbocycles. The largest absolute Gasteiger partial charge is 0.475 e. The Morgan fingerprint density at radius 3 is 2.89 bits per heavy atom. The van der Waals surface area contributed by atoms with Gasteiger partial charge in [0.2, 0.25) is 11.8 Å². The molecule has 7 nitrogen and oxygen atoms in total. The molecule has 19 heavy (non-hydrogen) atoms. The Morgan fingerprint density at radius 1 is 1.53 bits per heavy atom. The van der Waals surface area contributed by atoms with E-state index < -0.39 is 6.10 Å². The highest BCUT2D eigenvalue weighted by Gasteiger charge is 2.12. The lowest BCUT2D eigenvalue weighted by Crippen LogP contribution is -2.22. The van der Waals surface area contributed by atoms with Crippen LogP contribution in [0.1, 0.15) is 20.3 Å². The highest BCUT2D eigenvalue weighted by molar-refractivity contribution is 5.91. The Morgan fingerprint density at radius 2 is 2.26 bits per heavy atom. The van der Waals surface area contributed by atoms with E-state index in [1.54, 1.807) is 0 Å². The predicted octanol–water partition coefficient (Wildman–Crippen LogP) is 0.193. The van der Waals surface area contributed by atoms with E-state index in [0.717, 1.165) is 6.42 Å². The minimum absolute atomic E-state index is 0.0771. The van der Waals surface area contributed by atoms with E-state index in [1.807, 2.05) is 13.8 Å². The van der Waals surface area contributed by atoms with Crippen LogP contribution < -0.4 is 10.1 Å². The molecule has 0 saturated carbocycles. The standard InChI is InChI=1S/C12H19N3O4/c1-3-8(2)12(18)15-10-4-11(14-7-13-10)19-6-9(17)5-16/h4,7-9,16-17H,3,5-6H2,1-2H3,(H,13,14,15,18)/t8?,9-/m1/s1. The van der Waals surface area contributed by atoms with Crippen molar-refractivity contribution in [1.29, 1.82) is 0 Å². The average molecular weight is 269 g/mol. The lowest BCUT2D eigenvalue weighted by Gasteiger charge is -2.11. The van der Waals surface area contributed by atoms with E-state index in [1.165, 1.54) is 12.4 Å². The van der Waals surface area contributed by atoms with Crippen molar-refractivity contribution < 1.29 is 19.7 Å². The maximum absolute atomic E-state index is 11.7. The normalized spacial score (nSPS) is 13.7. The summed E-state index contributed by atoms with van der Waals surface area (Å²) in [4.78, 5) is 19.4. The predicted molar refractivity (Wildman–Crippen MR) is 68.7 cm³/mol. The third-order valence-electron chi connectivity index (χ3n) is 2.59. The van der Waals surface area contributed by atoms with Crippen molar-refractivity contribution in [2.45, 2.75) is 26.4 Å². The Balaban J connectivity index is 2.59. The van der Waals surface area contributed by atoms with Gasteiger partial charge in [-0.2, -0.15) is 0 Å². The quantitative estimate of drug-likeness (QED) is 0.653. The van der Waals surface area contributed by atoms with Gasteiger partial charge in [-0.1, -0.05) is 13.8 Å². The van der Waals surface area contributed by atoms with Gasteiger partial charge < -0.3 is 20.3 Å². The van der Waals surface area contributed by atoms with Crippen molar-refractivity contribution in [2.75, 3.05) is 18.5 Å². The summed E-state index contributed by atoms with van der Waals surface area (Å²) in [5.74, 6) is 0.342. The fourth-order valence-corrected chi connectivity index (χ4v) is 1.16. The summed E-state index contributed by atoms with van der Waals surface area (Å²) in [7, 11) is 0. The molecule has 1 heterocycles. The fraction of sp³-hybridized carbons (Fsp3) is 0.583. The van der Waals surface area contributed by atoms with E-state index in [2.05, 4.69) is 15.3 Å². The van der Waals surface area contributed by atoms with E-state index in [0.29, 0.717) is 5.82 Å². The molecule has 2 atom stereocenters. The summed E-state index contributed by atoms with van der Waals surface area (Å²) in [6.45, 7) is 3.29. The first-order valence-corrected chi connectivity index (χ1v) is 6.11. The number of anilines is 1. The Labute approximate surface area is 111 Å². The number of carbonyl (C=O) groups excluding carboxylic acids is 1. The molecular weight excluding hydrogens is 250 g/mol. The second kappa shape index (κ2) is 7.65. The molecule has 1 aromatic rings. The summed E-state index contributed by atoms with van der Waals surface area (Å²) in [5.41, 5.74) is 0. The van der Waals surface area contributed by atoms with Crippen molar-refractivity contribution in [3.05, 3.63) is 12.4 Å². The van der Waals surface area contributed by atoms with E-state index in [9.17, 15) is 4.79 Å².